The Morgan fingerprint density at radius 1 is 1.35 bits per heavy atom. The monoisotopic (exact) mass is 240 g/mol. The van der Waals surface area contributed by atoms with Gasteiger partial charge in [-0.1, -0.05) is 13.8 Å². The molecular formula is C13H24N2O2. The lowest BCUT2D eigenvalue weighted by atomic mass is 9.74. The molecule has 4 nitrogen and oxygen atoms in total. The Bertz CT molecular complexity index is 267. The largest absolute Gasteiger partial charge is 0.378 e. The molecule has 1 atom stereocenters. The lowest BCUT2D eigenvalue weighted by Gasteiger charge is -2.40. The van der Waals surface area contributed by atoms with Crippen LogP contribution in [0.5, 0.6) is 0 Å². The zero-order valence-electron chi connectivity index (χ0n) is 11.0. The SMILES string of the molecule is CC(C)(C(=O)N1CCOCC1)C1CCCNC1. The number of hydrogen-bond acceptors (Lipinski definition) is 3. The van der Waals surface area contributed by atoms with Crippen LogP contribution in [0.3, 0.4) is 0 Å². The fourth-order valence-electron chi connectivity index (χ4n) is 2.82. The van der Waals surface area contributed by atoms with Gasteiger partial charge >= 0.3 is 0 Å². The first-order chi connectivity index (χ1) is 8.12. The number of amides is 1. The second kappa shape index (κ2) is 5.36. The summed E-state index contributed by atoms with van der Waals surface area (Å²) in [4.78, 5) is 14.5. The van der Waals surface area contributed by atoms with Crippen molar-refractivity contribution < 1.29 is 9.53 Å². The molecule has 1 unspecified atom stereocenters. The fourth-order valence-corrected chi connectivity index (χ4v) is 2.82. The van der Waals surface area contributed by atoms with Crippen molar-refractivity contribution in [2.75, 3.05) is 39.4 Å². The molecule has 2 rings (SSSR count). The molecule has 2 heterocycles. The zero-order valence-corrected chi connectivity index (χ0v) is 11.0. The normalized spacial score (nSPS) is 26.9. The summed E-state index contributed by atoms with van der Waals surface area (Å²) in [5.74, 6) is 0.765. The third-order valence-electron chi connectivity index (χ3n) is 4.17. The molecule has 4 heteroatoms. The second-order valence-electron chi connectivity index (χ2n) is 5.67. The van der Waals surface area contributed by atoms with E-state index in [4.69, 9.17) is 4.74 Å². The van der Waals surface area contributed by atoms with Crippen molar-refractivity contribution in [2.45, 2.75) is 26.7 Å². The van der Waals surface area contributed by atoms with E-state index in [1.54, 1.807) is 0 Å². The Morgan fingerprint density at radius 3 is 2.65 bits per heavy atom. The number of hydrogen-bond donors (Lipinski definition) is 1. The van der Waals surface area contributed by atoms with Crippen molar-refractivity contribution in [3.05, 3.63) is 0 Å². The van der Waals surface area contributed by atoms with Gasteiger partial charge in [0.1, 0.15) is 0 Å². The van der Waals surface area contributed by atoms with E-state index in [1.807, 2.05) is 4.90 Å². The average Bonchev–Trinajstić information content (AvgIpc) is 2.40. The fraction of sp³-hybridized carbons (Fsp3) is 0.923. The number of rotatable bonds is 2. The van der Waals surface area contributed by atoms with Crippen LogP contribution >= 0.6 is 0 Å². The quantitative estimate of drug-likeness (QED) is 0.779. The minimum atomic E-state index is -0.245. The topological polar surface area (TPSA) is 41.6 Å². The van der Waals surface area contributed by atoms with Crippen molar-refractivity contribution in [1.29, 1.82) is 0 Å². The van der Waals surface area contributed by atoms with Gasteiger partial charge in [-0.3, -0.25) is 4.79 Å². The highest BCUT2D eigenvalue weighted by atomic mass is 16.5. The summed E-state index contributed by atoms with van der Waals surface area (Å²) < 4.78 is 5.30. The molecule has 0 radical (unpaired) electrons. The molecule has 17 heavy (non-hydrogen) atoms. The maximum Gasteiger partial charge on any atom is 0.228 e. The molecule has 0 spiro atoms. The number of ether oxygens (including phenoxy) is 1. The van der Waals surface area contributed by atoms with Gasteiger partial charge in [-0.25, -0.2) is 0 Å². The number of nitrogens with zero attached hydrogens (tertiary/aromatic N) is 1. The number of nitrogens with one attached hydrogen (secondary N) is 1. The highest BCUT2D eigenvalue weighted by Gasteiger charge is 2.40. The van der Waals surface area contributed by atoms with Gasteiger partial charge < -0.3 is 15.0 Å². The summed E-state index contributed by atoms with van der Waals surface area (Å²) in [5, 5.41) is 3.40. The number of piperidine rings is 1. The molecule has 2 aliphatic rings. The molecule has 0 aliphatic carbocycles. The first-order valence-corrected chi connectivity index (χ1v) is 6.70. The van der Waals surface area contributed by atoms with Crippen LogP contribution in [0.2, 0.25) is 0 Å². The molecule has 0 aromatic carbocycles. The van der Waals surface area contributed by atoms with Gasteiger partial charge in [-0.05, 0) is 31.8 Å². The zero-order chi connectivity index (χ0) is 12.3. The van der Waals surface area contributed by atoms with Gasteiger partial charge in [0.15, 0.2) is 0 Å². The standard InChI is InChI=1S/C13H24N2O2/c1-13(2,11-4-3-5-14-10-11)12(16)15-6-8-17-9-7-15/h11,14H,3-10H2,1-2H3. The van der Waals surface area contributed by atoms with Crippen LogP contribution < -0.4 is 5.32 Å². The van der Waals surface area contributed by atoms with Crippen molar-refractivity contribution in [2.24, 2.45) is 11.3 Å². The lowest BCUT2D eigenvalue weighted by molar-refractivity contribution is -0.148. The van der Waals surface area contributed by atoms with E-state index >= 15 is 0 Å². The Hall–Kier alpha value is -0.610. The molecule has 0 aromatic rings. The molecule has 0 aromatic heterocycles. The predicted octanol–water partition coefficient (Wildman–Crippen LogP) is 0.871. The van der Waals surface area contributed by atoms with Gasteiger partial charge in [0.05, 0.1) is 13.2 Å². The van der Waals surface area contributed by atoms with E-state index in [9.17, 15) is 4.79 Å². The van der Waals surface area contributed by atoms with Gasteiger partial charge in [0.25, 0.3) is 0 Å². The second-order valence-corrected chi connectivity index (χ2v) is 5.67. The molecule has 98 valence electrons. The number of morpholine rings is 1. The first-order valence-electron chi connectivity index (χ1n) is 6.70. The minimum Gasteiger partial charge on any atom is -0.378 e. The first kappa shape index (κ1) is 12.8. The van der Waals surface area contributed by atoms with Crippen LogP contribution in [-0.4, -0.2) is 50.2 Å². The van der Waals surface area contributed by atoms with Crippen LogP contribution in [0.4, 0.5) is 0 Å². The van der Waals surface area contributed by atoms with Gasteiger partial charge in [0, 0.05) is 18.5 Å². The van der Waals surface area contributed by atoms with E-state index in [2.05, 4.69) is 19.2 Å². The lowest BCUT2D eigenvalue weighted by Crippen LogP contribution is -2.51. The summed E-state index contributed by atoms with van der Waals surface area (Å²) in [6.45, 7) is 9.15. The Labute approximate surface area is 104 Å². The molecule has 2 fully saturated rings. The van der Waals surface area contributed by atoms with E-state index in [0.29, 0.717) is 25.0 Å². The summed E-state index contributed by atoms with van der Waals surface area (Å²) in [6.07, 6.45) is 2.35. The Kier molecular flexibility index (Phi) is 4.05. The minimum absolute atomic E-state index is 0.245. The molecule has 2 saturated heterocycles. The molecule has 0 saturated carbocycles. The smallest absolute Gasteiger partial charge is 0.228 e. The summed E-state index contributed by atoms with van der Waals surface area (Å²) in [6, 6.07) is 0. The molecular weight excluding hydrogens is 216 g/mol. The predicted molar refractivity (Wildman–Crippen MR) is 66.8 cm³/mol. The number of carbonyl (C=O) groups is 1. The number of carbonyl (C=O) groups excluding carboxylic acids is 1. The highest BCUT2D eigenvalue weighted by Crippen LogP contribution is 2.33. The van der Waals surface area contributed by atoms with Crippen molar-refractivity contribution in [3.8, 4) is 0 Å². The van der Waals surface area contributed by atoms with Crippen LogP contribution in [0.15, 0.2) is 0 Å². The third kappa shape index (κ3) is 2.80. The maximum atomic E-state index is 12.6. The van der Waals surface area contributed by atoms with Crippen molar-refractivity contribution in [3.63, 3.8) is 0 Å². The summed E-state index contributed by atoms with van der Waals surface area (Å²) >= 11 is 0. The van der Waals surface area contributed by atoms with E-state index in [1.165, 1.54) is 6.42 Å². The third-order valence-corrected chi connectivity index (χ3v) is 4.17. The van der Waals surface area contributed by atoms with E-state index in [0.717, 1.165) is 32.6 Å². The Balaban J connectivity index is 1.99. The Morgan fingerprint density at radius 2 is 2.06 bits per heavy atom. The van der Waals surface area contributed by atoms with Gasteiger partial charge in [-0.2, -0.15) is 0 Å². The van der Waals surface area contributed by atoms with Crippen LogP contribution in [0.1, 0.15) is 26.7 Å². The van der Waals surface area contributed by atoms with Gasteiger partial charge in [0.2, 0.25) is 5.91 Å². The van der Waals surface area contributed by atoms with E-state index < -0.39 is 0 Å². The van der Waals surface area contributed by atoms with Crippen LogP contribution in [-0.2, 0) is 9.53 Å². The van der Waals surface area contributed by atoms with Crippen LogP contribution in [0.25, 0.3) is 0 Å². The molecule has 1 amide bonds. The average molecular weight is 240 g/mol. The summed E-state index contributed by atoms with van der Waals surface area (Å²) in [5.41, 5.74) is -0.245. The molecule has 0 bridgehead atoms. The van der Waals surface area contributed by atoms with Crippen LogP contribution in [0, 0.1) is 11.3 Å². The maximum absolute atomic E-state index is 12.6. The van der Waals surface area contributed by atoms with Crippen molar-refractivity contribution >= 4 is 5.91 Å². The summed E-state index contributed by atoms with van der Waals surface area (Å²) in [7, 11) is 0. The van der Waals surface area contributed by atoms with Crippen molar-refractivity contribution in [1.82, 2.24) is 10.2 Å². The molecule has 2 aliphatic heterocycles. The highest BCUT2D eigenvalue weighted by molar-refractivity contribution is 5.82. The van der Waals surface area contributed by atoms with E-state index in [-0.39, 0.29) is 5.41 Å². The van der Waals surface area contributed by atoms with Gasteiger partial charge in [-0.15, -0.1) is 0 Å². The molecule has 1 N–H and O–H groups in total.